The predicted molar refractivity (Wildman–Crippen MR) is 142 cm³/mol. The normalized spacial score (nSPS) is 10.0. The molecule has 0 spiro atoms. The van der Waals surface area contributed by atoms with Gasteiger partial charge in [-0.15, -0.1) is 0 Å². The van der Waals surface area contributed by atoms with Crippen LogP contribution in [0.5, 0.6) is 46.0 Å². The van der Waals surface area contributed by atoms with E-state index in [-0.39, 0.29) is 17.2 Å². The lowest BCUT2D eigenvalue weighted by Gasteiger charge is -2.07. The topological polar surface area (TPSA) is 105 Å². The zero-order valence-corrected chi connectivity index (χ0v) is 20.1. The Morgan fingerprint density at radius 3 is 1.11 bits per heavy atom. The highest BCUT2D eigenvalue weighted by Crippen LogP contribution is 2.26. The summed E-state index contributed by atoms with van der Waals surface area (Å²) in [4.78, 5) is 11.9. The summed E-state index contributed by atoms with van der Waals surface area (Å²) in [6, 6.07) is 34.9. The van der Waals surface area contributed by atoms with Crippen LogP contribution in [0.3, 0.4) is 0 Å². The van der Waals surface area contributed by atoms with Gasteiger partial charge >= 0.3 is 5.97 Å². The fourth-order valence-corrected chi connectivity index (χ4v) is 3.13. The fourth-order valence-electron chi connectivity index (χ4n) is 3.13. The van der Waals surface area contributed by atoms with Crippen molar-refractivity contribution < 1.29 is 34.3 Å². The number of hydrogen-bond acceptors (Lipinski definition) is 7. The van der Waals surface area contributed by atoms with E-state index < -0.39 is 5.97 Å². The van der Waals surface area contributed by atoms with Gasteiger partial charge in [0.1, 0.15) is 46.0 Å². The summed E-state index contributed by atoms with van der Waals surface area (Å²) < 4.78 is 16.4. The molecule has 0 bridgehead atoms. The van der Waals surface area contributed by atoms with Crippen LogP contribution in [0.25, 0.3) is 0 Å². The molecular formula is C31H24O7. The standard InChI is InChI=1S/C19H14O4.C12H10O3/c20-15-6-8-16(9-7-15)22-17-10-12-18(13-11-17)23-19(21)14-4-2-1-3-5-14;13-9-1-5-11(6-2-9)15-12-7-3-10(14)4-8-12/h1-13,20H;1-8,13-14H. The molecule has 0 heterocycles. The molecule has 3 N–H and O–H groups in total. The minimum atomic E-state index is -0.405. The van der Waals surface area contributed by atoms with Crippen LogP contribution in [0.4, 0.5) is 0 Å². The molecule has 5 rings (SSSR count). The number of aromatic hydroxyl groups is 3. The van der Waals surface area contributed by atoms with Crippen molar-refractivity contribution in [2.45, 2.75) is 0 Å². The average molecular weight is 509 g/mol. The maximum Gasteiger partial charge on any atom is 0.343 e. The van der Waals surface area contributed by atoms with Crippen molar-refractivity contribution in [2.24, 2.45) is 0 Å². The van der Waals surface area contributed by atoms with E-state index in [1.54, 1.807) is 121 Å². The Labute approximate surface area is 219 Å². The van der Waals surface area contributed by atoms with Crippen molar-refractivity contribution in [1.29, 1.82) is 0 Å². The van der Waals surface area contributed by atoms with Crippen molar-refractivity contribution in [3.8, 4) is 46.0 Å². The maximum atomic E-state index is 11.9. The Hall–Kier alpha value is -5.43. The summed E-state index contributed by atoms with van der Waals surface area (Å²) in [6.07, 6.45) is 0. The molecule has 0 unspecified atom stereocenters. The third-order valence-electron chi connectivity index (χ3n) is 5.03. The number of hydrogen-bond donors (Lipinski definition) is 3. The predicted octanol–water partition coefficient (Wildman–Crippen LogP) is 7.29. The first-order valence-corrected chi connectivity index (χ1v) is 11.5. The summed E-state index contributed by atoms with van der Waals surface area (Å²) in [5, 5.41) is 27.4. The number of benzene rings is 5. The first-order chi connectivity index (χ1) is 18.4. The molecule has 0 fully saturated rings. The molecule has 5 aromatic carbocycles. The number of esters is 1. The van der Waals surface area contributed by atoms with Crippen LogP contribution in [0, 0.1) is 0 Å². The quantitative estimate of drug-likeness (QED) is 0.163. The lowest BCUT2D eigenvalue weighted by Crippen LogP contribution is -2.07. The minimum absolute atomic E-state index is 0.181. The SMILES string of the molecule is O=C(Oc1ccc(Oc2ccc(O)cc2)cc1)c1ccccc1.Oc1ccc(Oc2ccc(O)cc2)cc1. The van der Waals surface area contributed by atoms with Crippen molar-refractivity contribution in [3.05, 3.63) is 133 Å². The van der Waals surface area contributed by atoms with Crippen molar-refractivity contribution in [2.75, 3.05) is 0 Å². The third kappa shape index (κ3) is 7.79. The Bertz CT molecular complexity index is 1390. The zero-order chi connectivity index (χ0) is 26.7. The van der Waals surface area contributed by atoms with Crippen LogP contribution >= 0.6 is 0 Å². The van der Waals surface area contributed by atoms with Gasteiger partial charge in [-0.25, -0.2) is 4.79 Å². The Kier molecular flexibility index (Phi) is 8.44. The molecule has 0 atom stereocenters. The van der Waals surface area contributed by atoms with Gasteiger partial charge in [0.25, 0.3) is 0 Å². The van der Waals surface area contributed by atoms with Gasteiger partial charge in [-0.05, 0) is 109 Å². The first-order valence-electron chi connectivity index (χ1n) is 11.5. The van der Waals surface area contributed by atoms with Crippen LogP contribution in [0.1, 0.15) is 10.4 Å². The highest BCUT2D eigenvalue weighted by atomic mass is 16.5. The second-order valence-electron chi connectivity index (χ2n) is 7.91. The van der Waals surface area contributed by atoms with E-state index in [1.807, 2.05) is 6.07 Å². The molecular weight excluding hydrogens is 484 g/mol. The number of rotatable bonds is 6. The molecule has 190 valence electrons. The average Bonchev–Trinajstić information content (AvgIpc) is 2.94. The number of carbonyl (C=O) groups excluding carboxylic acids is 1. The van der Waals surface area contributed by atoms with Crippen molar-refractivity contribution in [1.82, 2.24) is 0 Å². The lowest BCUT2D eigenvalue weighted by atomic mass is 10.2. The molecule has 0 radical (unpaired) electrons. The van der Waals surface area contributed by atoms with E-state index >= 15 is 0 Å². The molecule has 0 saturated carbocycles. The van der Waals surface area contributed by atoms with E-state index in [9.17, 15) is 9.90 Å². The van der Waals surface area contributed by atoms with E-state index in [1.165, 1.54) is 0 Å². The van der Waals surface area contributed by atoms with Gasteiger partial charge in [-0.3, -0.25) is 0 Å². The molecule has 0 aliphatic rings. The van der Waals surface area contributed by atoms with Gasteiger partial charge in [-0.2, -0.15) is 0 Å². The van der Waals surface area contributed by atoms with E-state index in [0.29, 0.717) is 34.3 Å². The summed E-state index contributed by atoms with van der Waals surface area (Å²) in [5.74, 6) is 3.11. The first kappa shape index (κ1) is 25.7. The maximum absolute atomic E-state index is 11.9. The molecule has 38 heavy (non-hydrogen) atoms. The van der Waals surface area contributed by atoms with Crippen LogP contribution in [-0.2, 0) is 0 Å². The summed E-state index contributed by atoms with van der Waals surface area (Å²) in [7, 11) is 0. The van der Waals surface area contributed by atoms with Gasteiger partial charge in [0.05, 0.1) is 5.56 Å². The molecule has 0 aromatic heterocycles. The number of ether oxygens (including phenoxy) is 3. The largest absolute Gasteiger partial charge is 0.508 e. The number of carbonyl (C=O) groups is 1. The zero-order valence-electron chi connectivity index (χ0n) is 20.1. The van der Waals surface area contributed by atoms with E-state index in [2.05, 4.69) is 0 Å². The fraction of sp³-hybridized carbons (Fsp3) is 0. The Morgan fingerprint density at radius 1 is 0.421 bits per heavy atom. The molecule has 0 amide bonds. The van der Waals surface area contributed by atoms with Gasteiger partial charge in [0.2, 0.25) is 0 Å². The second-order valence-corrected chi connectivity index (χ2v) is 7.91. The minimum Gasteiger partial charge on any atom is -0.508 e. The monoisotopic (exact) mass is 508 g/mol. The van der Waals surface area contributed by atoms with E-state index in [0.717, 1.165) is 0 Å². The van der Waals surface area contributed by atoms with Crippen LogP contribution in [0.15, 0.2) is 127 Å². The molecule has 0 saturated heterocycles. The number of phenolic OH excluding ortho intramolecular Hbond substituents is 3. The Balaban J connectivity index is 0.000000194. The highest BCUT2D eigenvalue weighted by Gasteiger charge is 2.08. The third-order valence-corrected chi connectivity index (χ3v) is 5.03. The van der Waals surface area contributed by atoms with Crippen LogP contribution in [-0.4, -0.2) is 21.3 Å². The Morgan fingerprint density at radius 2 is 0.737 bits per heavy atom. The van der Waals surface area contributed by atoms with Crippen molar-refractivity contribution in [3.63, 3.8) is 0 Å². The molecule has 7 heteroatoms. The highest BCUT2D eigenvalue weighted by molar-refractivity contribution is 5.90. The second kappa shape index (κ2) is 12.5. The lowest BCUT2D eigenvalue weighted by molar-refractivity contribution is 0.0734. The van der Waals surface area contributed by atoms with Gasteiger partial charge in [0, 0.05) is 0 Å². The van der Waals surface area contributed by atoms with Gasteiger partial charge in [-0.1, -0.05) is 18.2 Å². The smallest absolute Gasteiger partial charge is 0.343 e. The molecule has 7 nitrogen and oxygen atoms in total. The van der Waals surface area contributed by atoms with Gasteiger partial charge < -0.3 is 29.5 Å². The molecule has 5 aromatic rings. The number of phenols is 3. The van der Waals surface area contributed by atoms with Crippen LogP contribution in [0.2, 0.25) is 0 Å². The van der Waals surface area contributed by atoms with E-state index in [4.69, 9.17) is 24.4 Å². The summed E-state index contributed by atoms with van der Waals surface area (Å²) in [6.45, 7) is 0. The molecule has 0 aliphatic heterocycles. The van der Waals surface area contributed by atoms with Crippen LogP contribution < -0.4 is 14.2 Å². The van der Waals surface area contributed by atoms with Crippen molar-refractivity contribution >= 4 is 5.97 Å². The summed E-state index contributed by atoms with van der Waals surface area (Å²) >= 11 is 0. The molecule has 0 aliphatic carbocycles. The summed E-state index contributed by atoms with van der Waals surface area (Å²) in [5.41, 5.74) is 0.497. The van der Waals surface area contributed by atoms with Gasteiger partial charge in [0.15, 0.2) is 0 Å².